The number of hydrogen-bond acceptors (Lipinski definition) is 3. The molecule has 1 aromatic rings. The number of amides is 1. The maximum Gasteiger partial charge on any atom is 0.255 e. The molecule has 0 aromatic heterocycles. The molecule has 0 heterocycles. The molecule has 1 fully saturated rings. The minimum Gasteiger partial charge on any atom is -0.339 e. The Morgan fingerprint density at radius 1 is 1.27 bits per heavy atom. The van der Waals surface area contributed by atoms with Crippen LogP contribution in [-0.4, -0.2) is 38.6 Å². The highest BCUT2D eigenvalue weighted by molar-refractivity contribution is 7.92. The summed E-state index contributed by atoms with van der Waals surface area (Å²) < 4.78 is 24.8. The van der Waals surface area contributed by atoms with Crippen LogP contribution in [0.2, 0.25) is 5.02 Å². The second kappa shape index (κ2) is 6.87. The van der Waals surface area contributed by atoms with E-state index in [1.807, 2.05) is 0 Å². The van der Waals surface area contributed by atoms with Gasteiger partial charge in [-0.15, -0.1) is 0 Å². The van der Waals surface area contributed by atoms with Gasteiger partial charge in [-0.1, -0.05) is 30.9 Å². The molecule has 1 saturated carbocycles. The van der Waals surface area contributed by atoms with E-state index in [-0.39, 0.29) is 17.0 Å². The van der Waals surface area contributed by atoms with E-state index in [9.17, 15) is 13.2 Å². The van der Waals surface area contributed by atoms with Gasteiger partial charge in [-0.2, -0.15) is 0 Å². The average molecular weight is 345 g/mol. The summed E-state index contributed by atoms with van der Waals surface area (Å²) in [4.78, 5) is 14.3. The van der Waals surface area contributed by atoms with Crippen molar-refractivity contribution in [2.75, 3.05) is 18.0 Å². The maximum absolute atomic E-state index is 12.6. The quantitative estimate of drug-likeness (QED) is 0.912. The summed E-state index contributed by atoms with van der Waals surface area (Å²) in [6, 6.07) is 4.84. The molecule has 1 aromatic carbocycles. The van der Waals surface area contributed by atoms with Crippen LogP contribution >= 0.6 is 11.6 Å². The highest BCUT2D eigenvalue weighted by atomic mass is 35.5. The first-order chi connectivity index (χ1) is 10.3. The van der Waals surface area contributed by atoms with Crippen molar-refractivity contribution in [1.82, 2.24) is 4.90 Å². The van der Waals surface area contributed by atoms with Gasteiger partial charge < -0.3 is 4.90 Å². The number of hydrogen-bond donors (Lipinski definition) is 1. The maximum atomic E-state index is 12.6. The van der Waals surface area contributed by atoms with E-state index < -0.39 is 10.0 Å². The fraction of sp³-hybridized carbons (Fsp3) is 0.533. The van der Waals surface area contributed by atoms with Crippen molar-refractivity contribution in [1.29, 1.82) is 0 Å². The Morgan fingerprint density at radius 3 is 2.45 bits per heavy atom. The van der Waals surface area contributed by atoms with Crippen LogP contribution in [-0.2, 0) is 10.0 Å². The van der Waals surface area contributed by atoms with Crippen molar-refractivity contribution >= 4 is 33.2 Å². The number of nitrogens with one attached hydrogen (secondary N) is 1. The lowest BCUT2D eigenvalue weighted by Gasteiger charge is -2.31. The minimum absolute atomic E-state index is 0.122. The summed E-state index contributed by atoms with van der Waals surface area (Å²) in [6.07, 6.45) is 6.63. The fourth-order valence-corrected chi connectivity index (χ4v) is 3.61. The van der Waals surface area contributed by atoms with E-state index in [0.717, 1.165) is 31.9 Å². The Balaban J connectivity index is 2.15. The summed E-state index contributed by atoms with van der Waals surface area (Å²) in [5.74, 6) is -0.122. The fourth-order valence-electron chi connectivity index (χ4n) is 2.79. The predicted octanol–water partition coefficient (Wildman–Crippen LogP) is 3.12. The molecule has 5 nitrogen and oxygen atoms in total. The van der Waals surface area contributed by atoms with Gasteiger partial charge in [0.25, 0.3) is 5.91 Å². The first-order valence-corrected chi connectivity index (χ1v) is 9.59. The van der Waals surface area contributed by atoms with E-state index in [4.69, 9.17) is 11.6 Å². The normalized spacial score (nSPS) is 16.3. The zero-order valence-electron chi connectivity index (χ0n) is 12.8. The smallest absolute Gasteiger partial charge is 0.255 e. The molecule has 1 aliphatic rings. The zero-order chi connectivity index (χ0) is 16.3. The molecule has 0 radical (unpaired) electrons. The van der Waals surface area contributed by atoms with Gasteiger partial charge in [-0.05, 0) is 31.0 Å². The zero-order valence-corrected chi connectivity index (χ0v) is 14.4. The number of sulfonamides is 1. The standard InChI is InChI=1S/C15H21ClN2O3S/c1-18(12-6-4-3-5-7-12)15(19)13-9-8-11(10-14(13)16)17-22(2,20)21/h8-10,12,17H,3-7H2,1-2H3. The lowest BCUT2D eigenvalue weighted by Crippen LogP contribution is -2.38. The van der Waals surface area contributed by atoms with E-state index in [0.29, 0.717) is 11.3 Å². The molecule has 1 amide bonds. The lowest BCUT2D eigenvalue weighted by molar-refractivity contribution is 0.0696. The van der Waals surface area contributed by atoms with E-state index in [1.54, 1.807) is 24.1 Å². The number of anilines is 1. The van der Waals surface area contributed by atoms with Crippen molar-refractivity contribution in [3.05, 3.63) is 28.8 Å². The molecule has 7 heteroatoms. The highest BCUT2D eigenvalue weighted by Crippen LogP contribution is 2.26. The number of rotatable bonds is 4. The average Bonchev–Trinajstić information content (AvgIpc) is 2.45. The summed E-state index contributed by atoms with van der Waals surface area (Å²) in [7, 11) is -1.56. The van der Waals surface area contributed by atoms with Crippen molar-refractivity contribution in [2.45, 2.75) is 38.1 Å². The first-order valence-electron chi connectivity index (χ1n) is 7.32. The summed E-state index contributed by atoms with van der Waals surface area (Å²) in [5, 5.41) is 0.251. The number of carbonyl (C=O) groups excluding carboxylic acids is 1. The number of benzene rings is 1. The van der Waals surface area contributed by atoms with Gasteiger partial charge >= 0.3 is 0 Å². The van der Waals surface area contributed by atoms with Gasteiger partial charge in [0.1, 0.15) is 0 Å². The molecule has 0 bridgehead atoms. The van der Waals surface area contributed by atoms with Crippen molar-refractivity contribution < 1.29 is 13.2 Å². The number of halogens is 1. The minimum atomic E-state index is -3.36. The molecule has 1 aliphatic carbocycles. The Kier molecular flexibility index (Phi) is 5.34. The summed E-state index contributed by atoms with van der Waals surface area (Å²) >= 11 is 6.15. The molecular formula is C15H21ClN2O3S. The second-order valence-corrected chi connectivity index (χ2v) is 7.93. The largest absolute Gasteiger partial charge is 0.339 e. The van der Waals surface area contributed by atoms with E-state index in [2.05, 4.69) is 4.72 Å². The van der Waals surface area contributed by atoms with Gasteiger partial charge in [0.2, 0.25) is 10.0 Å². The van der Waals surface area contributed by atoms with Crippen molar-refractivity contribution in [2.24, 2.45) is 0 Å². The number of carbonyl (C=O) groups is 1. The number of nitrogens with zero attached hydrogens (tertiary/aromatic N) is 1. The third-order valence-electron chi connectivity index (χ3n) is 3.95. The SMILES string of the molecule is CN(C(=O)c1ccc(NS(C)(=O)=O)cc1Cl)C1CCCCC1. The Hall–Kier alpha value is -1.27. The topological polar surface area (TPSA) is 66.5 Å². The van der Waals surface area contributed by atoms with Crippen molar-refractivity contribution in [3.8, 4) is 0 Å². The lowest BCUT2D eigenvalue weighted by atomic mass is 9.94. The molecule has 0 unspecified atom stereocenters. The van der Waals surface area contributed by atoms with Crippen LogP contribution in [0.25, 0.3) is 0 Å². The van der Waals surface area contributed by atoms with Gasteiger partial charge in [-0.25, -0.2) is 8.42 Å². The second-order valence-electron chi connectivity index (χ2n) is 5.78. The third kappa shape index (κ3) is 4.36. The molecule has 22 heavy (non-hydrogen) atoms. The van der Waals surface area contributed by atoms with Gasteiger partial charge in [0, 0.05) is 18.8 Å². The molecule has 122 valence electrons. The van der Waals surface area contributed by atoms with E-state index in [1.165, 1.54) is 12.5 Å². The molecule has 2 rings (SSSR count). The molecule has 1 N–H and O–H groups in total. The Morgan fingerprint density at radius 2 is 1.91 bits per heavy atom. The summed E-state index contributed by atoms with van der Waals surface area (Å²) in [6.45, 7) is 0. The molecular weight excluding hydrogens is 324 g/mol. The first kappa shape index (κ1) is 17.1. The highest BCUT2D eigenvalue weighted by Gasteiger charge is 2.24. The van der Waals surface area contributed by atoms with Crippen LogP contribution in [0.5, 0.6) is 0 Å². The Labute approximate surface area is 136 Å². The molecule has 0 saturated heterocycles. The summed E-state index contributed by atoms with van der Waals surface area (Å²) in [5.41, 5.74) is 0.748. The third-order valence-corrected chi connectivity index (χ3v) is 4.86. The van der Waals surface area contributed by atoms with Gasteiger partial charge in [-0.3, -0.25) is 9.52 Å². The van der Waals surface area contributed by atoms with Crippen LogP contribution in [0, 0.1) is 0 Å². The van der Waals surface area contributed by atoms with Crippen molar-refractivity contribution in [3.63, 3.8) is 0 Å². The van der Waals surface area contributed by atoms with Gasteiger partial charge in [0.05, 0.1) is 16.8 Å². The molecule has 0 aliphatic heterocycles. The monoisotopic (exact) mass is 344 g/mol. The van der Waals surface area contributed by atoms with Crippen LogP contribution in [0.4, 0.5) is 5.69 Å². The van der Waals surface area contributed by atoms with Crippen LogP contribution < -0.4 is 4.72 Å². The predicted molar refractivity (Wildman–Crippen MR) is 88.9 cm³/mol. The van der Waals surface area contributed by atoms with Crippen LogP contribution in [0.3, 0.4) is 0 Å². The van der Waals surface area contributed by atoms with Crippen LogP contribution in [0.1, 0.15) is 42.5 Å². The Bertz CT molecular complexity index is 655. The molecule has 0 spiro atoms. The van der Waals surface area contributed by atoms with Crippen LogP contribution in [0.15, 0.2) is 18.2 Å². The van der Waals surface area contributed by atoms with E-state index >= 15 is 0 Å². The molecule has 0 atom stereocenters. The van der Waals surface area contributed by atoms with Gasteiger partial charge in [0.15, 0.2) is 0 Å².